The van der Waals surface area contributed by atoms with E-state index in [0.29, 0.717) is 10.2 Å². The summed E-state index contributed by atoms with van der Waals surface area (Å²) in [5.41, 5.74) is 4.65. The van der Waals surface area contributed by atoms with Crippen LogP contribution < -0.4 is 5.32 Å². The van der Waals surface area contributed by atoms with Crippen molar-refractivity contribution in [3.8, 4) is 0 Å². The van der Waals surface area contributed by atoms with Crippen LogP contribution in [0.15, 0.2) is 53.7 Å². The Kier molecular flexibility index (Phi) is 4.76. The number of carbonyl (C=O) groups is 1. The first kappa shape index (κ1) is 17.8. The Balaban J connectivity index is 1.57. The SMILES string of the molecule is Cc1cc(Cl)ccc1NC(=O)CSc1nnc2cc(C)c3ccccc3n12. The number of nitrogens with one attached hydrogen (secondary N) is 1. The summed E-state index contributed by atoms with van der Waals surface area (Å²) in [5, 5.41) is 13.9. The second-order valence-electron chi connectivity index (χ2n) is 6.32. The van der Waals surface area contributed by atoms with Crippen LogP contribution in [0.1, 0.15) is 11.1 Å². The monoisotopic (exact) mass is 396 g/mol. The molecule has 4 aromatic rings. The summed E-state index contributed by atoms with van der Waals surface area (Å²) in [4.78, 5) is 12.4. The third kappa shape index (κ3) is 3.50. The molecule has 0 atom stereocenters. The van der Waals surface area contributed by atoms with E-state index in [2.05, 4.69) is 28.5 Å². The third-order valence-electron chi connectivity index (χ3n) is 4.37. The van der Waals surface area contributed by atoms with Crippen molar-refractivity contribution in [1.29, 1.82) is 0 Å². The van der Waals surface area contributed by atoms with Crippen molar-refractivity contribution in [2.75, 3.05) is 11.1 Å². The molecule has 0 spiro atoms. The van der Waals surface area contributed by atoms with Crippen molar-refractivity contribution < 1.29 is 4.79 Å². The van der Waals surface area contributed by atoms with Crippen LogP contribution >= 0.6 is 23.4 Å². The van der Waals surface area contributed by atoms with E-state index in [4.69, 9.17) is 11.6 Å². The number of hydrogen-bond donors (Lipinski definition) is 1. The zero-order chi connectivity index (χ0) is 19.0. The highest BCUT2D eigenvalue weighted by Crippen LogP contribution is 2.26. The molecule has 0 aliphatic heterocycles. The van der Waals surface area contributed by atoms with Crippen molar-refractivity contribution in [2.24, 2.45) is 0 Å². The summed E-state index contributed by atoms with van der Waals surface area (Å²) in [7, 11) is 0. The number of para-hydroxylation sites is 1. The van der Waals surface area contributed by atoms with E-state index in [0.717, 1.165) is 33.4 Å². The van der Waals surface area contributed by atoms with Gasteiger partial charge in [0.1, 0.15) is 0 Å². The molecule has 0 fully saturated rings. The zero-order valence-electron chi connectivity index (χ0n) is 14.9. The molecule has 2 aromatic heterocycles. The van der Waals surface area contributed by atoms with Gasteiger partial charge in [0.05, 0.1) is 11.3 Å². The first-order valence-corrected chi connectivity index (χ1v) is 9.81. The predicted octanol–water partition coefficient (Wildman–Crippen LogP) is 4.88. The van der Waals surface area contributed by atoms with Gasteiger partial charge in [-0.15, -0.1) is 10.2 Å². The van der Waals surface area contributed by atoms with E-state index < -0.39 is 0 Å². The minimum atomic E-state index is -0.0985. The fourth-order valence-electron chi connectivity index (χ4n) is 3.05. The van der Waals surface area contributed by atoms with Crippen LogP contribution in [-0.2, 0) is 4.79 Å². The van der Waals surface area contributed by atoms with Gasteiger partial charge in [0.25, 0.3) is 0 Å². The molecule has 1 N–H and O–H groups in total. The first-order chi connectivity index (χ1) is 13.0. The number of aryl methyl sites for hydroxylation is 2. The minimum Gasteiger partial charge on any atom is -0.325 e. The molecule has 0 bridgehead atoms. The van der Waals surface area contributed by atoms with Gasteiger partial charge >= 0.3 is 0 Å². The quantitative estimate of drug-likeness (QED) is 0.499. The normalized spacial score (nSPS) is 11.2. The molecule has 7 heteroatoms. The van der Waals surface area contributed by atoms with Crippen LogP contribution in [0.25, 0.3) is 16.6 Å². The van der Waals surface area contributed by atoms with Crippen LogP contribution in [0, 0.1) is 13.8 Å². The number of nitrogens with zero attached hydrogens (tertiary/aromatic N) is 3. The van der Waals surface area contributed by atoms with E-state index in [1.165, 1.54) is 11.8 Å². The lowest BCUT2D eigenvalue weighted by Crippen LogP contribution is -2.15. The lowest BCUT2D eigenvalue weighted by atomic mass is 10.1. The molecule has 2 heterocycles. The molecule has 4 rings (SSSR count). The molecule has 136 valence electrons. The smallest absolute Gasteiger partial charge is 0.234 e. The van der Waals surface area contributed by atoms with Gasteiger partial charge in [-0.3, -0.25) is 9.20 Å². The summed E-state index contributed by atoms with van der Waals surface area (Å²) in [6.45, 7) is 3.97. The highest BCUT2D eigenvalue weighted by molar-refractivity contribution is 7.99. The lowest BCUT2D eigenvalue weighted by molar-refractivity contribution is -0.113. The number of anilines is 1. The fourth-order valence-corrected chi connectivity index (χ4v) is 4.03. The number of benzene rings is 2. The average Bonchev–Trinajstić information content (AvgIpc) is 3.05. The number of carbonyl (C=O) groups excluding carboxylic acids is 1. The van der Waals surface area contributed by atoms with E-state index in [9.17, 15) is 4.79 Å². The van der Waals surface area contributed by atoms with Gasteiger partial charge in [0, 0.05) is 16.1 Å². The number of rotatable bonds is 4. The number of thioether (sulfide) groups is 1. The topological polar surface area (TPSA) is 59.3 Å². The average molecular weight is 397 g/mol. The van der Waals surface area contributed by atoms with Gasteiger partial charge in [-0.1, -0.05) is 41.6 Å². The van der Waals surface area contributed by atoms with Gasteiger partial charge in [-0.05, 0) is 55.3 Å². The molecule has 27 heavy (non-hydrogen) atoms. The maximum atomic E-state index is 12.4. The number of pyridine rings is 1. The Morgan fingerprint density at radius 2 is 1.93 bits per heavy atom. The van der Waals surface area contributed by atoms with Gasteiger partial charge in [-0.2, -0.15) is 0 Å². The summed E-state index contributed by atoms with van der Waals surface area (Å²) in [6.07, 6.45) is 0. The molecular weight excluding hydrogens is 380 g/mol. The van der Waals surface area contributed by atoms with E-state index in [1.54, 1.807) is 6.07 Å². The molecule has 0 aliphatic carbocycles. The largest absolute Gasteiger partial charge is 0.325 e. The second kappa shape index (κ2) is 7.21. The lowest BCUT2D eigenvalue weighted by Gasteiger charge is -2.09. The maximum absolute atomic E-state index is 12.4. The summed E-state index contributed by atoms with van der Waals surface area (Å²) in [5.74, 6) is 0.143. The molecule has 5 nitrogen and oxygen atoms in total. The molecule has 0 aliphatic rings. The van der Waals surface area contributed by atoms with Crippen LogP contribution in [0.3, 0.4) is 0 Å². The Bertz CT molecular complexity index is 1170. The number of fused-ring (bicyclic) bond motifs is 3. The fraction of sp³-hybridized carbons (Fsp3) is 0.150. The van der Waals surface area contributed by atoms with E-state index in [-0.39, 0.29) is 11.7 Å². The van der Waals surface area contributed by atoms with Crippen molar-refractivity contribution in [2.45, 2.75) is 19.0 Å². The minimum absolute atomic E-state index is 0.0985. The van der Waals surface area contributed by atoms with E-state index in [1.807, 2.05) is 47.7 Å². The predicted molar refractivity (Wildman–Crippen MR) is 111 cm³/mol. The molecule has 0 radical (unpaired) electrons. The van der Waals surface area contributed by atoms with Crippen LogP contribution in [-0.4, -0.2) is 26.3 Å². The number of halogens is 1. The highest BCUT2D eigenvalue weighted by atomic mass is 35.5. The van der Waals surface area contributed by atoms with Gasteiger partial charge in [0.2, 0.25) is 5.91 Å². The molecular formula is C20H17ClN4OS. The number of hydrogen-bond acceptors (Lipinski definition) is 4. The van der Waals surface area contributed by atoms with Crippen molar-refractivity contribution in [1.82, 2.24) is 14.6 Å². The summed E-state index contributed by atoms with van der Waals surface area (Å²) < 4.78 is 1.99. The second-order valence-corrected chi connectivity index (χ2v) is 7.70. The Morgan fingerprint density at radius 3 is 2.74 bits per heavy atom. The summed E-state index contributed by atoms with van der Waals surface area (Å²) in [6, 6.07) is 15.5. The first-order valence-electron chi connectivity index (χ1n) is 8.45. The van der Waals surface area contributed by atoms with Crippen LogP contribution in [0.4, 0.5) is 5.69 Å². The van der Waals surface area contributed by atoms with Crippen LogP contribution in [0.2, 0.25) is 5.02 Å². The molecule has 0 unspecified atom stereocenters. The Labute approximate surface area is 165 Å². The third-order valence-corrected chi connectivity index (χ3v) is 5.53. The summed E-state index contributed by atoms with van der Waals surface area (Å²) >= 11 is 7.33. The molecule has 2 aromatic carbocycles. The zero-order valence-corrected chi connectivity index (χ0v) is 16.4. The standard InChI is InChI=1S/C20H17ClN4OS/c1-12-10-18-23-24-20(25(18)17-6-4-3-5-15(12)17)27-11-19(26)22-16-8-7-14(21)9-13(16)2/h3-10H,11H2,1-2H3,(H,22,26). The van der Waals surface area contributed by atoms with Crippen molar-refractivity contribution in [3.05, 3.63) is 64.7 Å². The van der Waals surface area contributed by atoms with Gasteiger partial charge in [-0.25, -0.2) is 0 Å². The molecule has 0 saturated heterocycles. The Morgan fingerprint density at radius 1 is 1.11 bits per heavy atom. The number of aromatic nitrogens is 3. The number of amides is 1. The van der Waals surface area contributed by atoms with Gasteiger partial charge < -0.3 is 5.32 Å². The Hall–Kier alpha value is -2.57. The van der Waals surface area contributed by atoms with Gasteiger partial charge in [0.15, 0.2) is 10.8 Å². The van der Waals surface area contributed by atoms with Crippen molar-refractivity contribution >= 4 is 51.5 Å². The van der Waals surface area contributed by atoms with E-state index >= 15 is 0 Å². The highest BCUT2D eigenvalue weighted by Gasteiger charge is 2.13. The maximum Gasteiger partial charge on any atom is 0.234 e. The molecule has 1 amide bonds. The van der Waals surface area contributed by atoms with Crippen LogP contribution in [0.5, 0.6) is 0 Å². The molecule has 0 saturated carbocycles. The van der Waals surface area contributed by atoms with Crippen molar-refractivity contribution in [3.63, 3.8) is 0 Å².